The van der Waals surface area contributed by atoms with Crippen LogP contribution >= 0.6 is 11.8 Å². The van der Waals surface area contributed by atoms with Gasteiger partial charge >= 0.3 is 12.6 Å². The first-order valence-corrected chi connectivity index (χ1v) is 8.14. The normalized spacial score (nSPS) is 19.6. The average Bonchev–Trinajstić information content (AvgIpc) is 2.64. The molecule has 4 nitrogen and oxygen atoms in total. The predicted molar refractivity (Wildman–Crippen MR) is 86.6 cm³/mol. The fourth-order valence-electron chi connectivity index (χ4n) is 2.12. The van der Waals surface area contributed by atoms with E-state index in [2.05, 4.69) is 0 Å². The number of alkyl halides is 3. The Morgan fingerprint density at radius 1 is 1.12 bits per heavy atom. The molecule has 2 rings (SSSR count). The molecule has 0 bridgehead atoms. The van der Waals surface area contributed by atoms with Crippen LogP contribution in [0.3, 0.4) is 0 Å². The number of benzene rings is 1. The fourth-order valence-corrected chi connectivity index (χ4v) is 2.77. The van der Waals surface area contributed by atoms with Crippen LogP contribution in [0.25, 0.3) is 0 Å². The van der Waals surface area contributed by atoms with Crippen LogP contribution in [0.2, 0.25) is 0 Å². The lowest BCUT2D eigenvalue weighted by atomic mass is 9.79. The molecule has 1 saturated heterocycles. The van der Waals surface area contributed by atoms with Crippen molar-refractivity contribution in [3.63, 3.8) is 0 Å². The van der Waals surface area contributed by atoms with E-state index < -0.39 is 23.8 Å². The Hall–Kier alpha value is -0.895. The Morgan fingerprint density at radius 2 is 1.71 bits per heavy atom. The summed E-state index contributed by atoms with van der Waals surface area (Å²) >= 11 is -0.200. The summed E-state index contributed by atoms with van der Waals surface area (Å²) in [5.74, 6) is 0.382. The number of halogens is 3. The van der Waals surface area contributed by atoms with E-state index in [4.69, 9.17) is 18.8 Å². The molecule has 0 amide bonds. The molecule has 0 saturated carbocycles. The molecular weight excluding hydrogens is 344 g/mol. The van der Waals surface area contributed by atoms with Crippen LogP contribution in [0, 0.1) is 0 Å². The highest BCUT2D eigenvalue weighted by molar-refractivity contribution is 8.00. The van der Waals surface area contributed by atoms with E-state index >= 15 is 0 Å². The molecule has 1 aromatic rings. The number of rotatable bonds is 5. The van der Waals surface area contributed by atoms with E-state index in [-0.39, 0.29) is 28.9 Å². The van der Waals surface area contributed by atoms with Gasteiger partial charge in [0.1, 0.15) is 5.75 Å². The highest BCUT2D eigenvalue weighted by Crippen LogP contribution is 2.40. The summed E-state index contributed by atoms with van der Waals surface area (Å²) in [5, 5.41) is 0. The van der Waals surface area contributed by atoms with Crippen LogP contribution in [0.4, 0.5) is 13.2 Å². The molecule has 9 heteroatoms. The Morgan fingerprint density at radius 3 is 2.21 bits per heavy atom. The summed E-state index contributed by atoms with van der Waals surface area (Å²) in [6.45, 7) is 7.36. The summed E-state index contributed by atoms with van der Waals surface area (Å²) in [5.41, 5.74) is -5.43. The number of thioether (sulfide) groups is 1. The second-order valence-electron chi connectivity index (χ2n) is 6.39. The molecule has 0 radical (unpaired) electrons. The first kappa shape index (κ1) is 19.4. The van der Waals surface area contributed by atoms with Crippen LogP contribution in [-0.4, -0.2) is 37.7 Å². The second kappa shape index (κ2) is 6.78. The van der Waals surface area contributed by atoms with E-state index in [1.165, 1.54) is 25.3 Å². The third kappa shape index (κ3) is 4.39. The molecule has 0 aliphatic carbocycles. The third-order valence-electron chi connectivity index (χ3n) is 4.06. The zero-order valence-electron chi connectivity index (χ0n) is 14.2. The van der Waals surface area contributed by atoms with Gasteiger partial charge in [-0.15, -0.1) is 0 Å². The standard InChI is InChI=1S/C15H20BF3O4S/c1-13(2)14(3,4)23-16(22-13)11-8-10(21-9-20-5)6-7-12(11)24-15(17,18)19/h6-8H,9H2,1-5H3. The van der Waals surface area contributed by atoms with Gasteiger partial charge < -0.3 is 18.8 Å². The topological polar surface area (TPSA) is 36.9 Å². The monoisotopic (exact) mass is 364 g/mol. The van der Waals surface area contributed by atoms with Gasteiger partial charge in [0, 0.05) is 12.0 Å². The van der Waals surface area contributed by atoms with Gasteiger partial charge in [-0.1, -0.05) is 0 Å². The van der Waals surface area contributed by atoms with Crippen molar-refractivity contribution in [3.8, 4) is 5.75 Å². The smallest absolute Gasteiger partial charge is 0.468 e. The Labute approximate surface area is 144 Å². The molecule has 1 fully saturated rings. The SMILES string of the molecule is COCOc1ccc(SC(F)(F)F)c(B2OC(C)(C)C(C)(C)O2)c1. The van der Waals surface area contributed by atoms with Crippen molar-refractivity contribution >= 4 is 24.3 Å². The Balaban J connectivity index is 2.37. The molecular formula is C15H20BF3O4S. The number of methoxy groups -OCH3 is 1. The molecule has 1 heterocycles. The third-order valence-corrected chi connectivity index (χ3v) is 4.88. The summed E-state index contributed by atoms with van der Waals surface area (Å²) in [6, 6.07) is 4.31. The summed E-state index contributed by atoms with van der Waals surface area (Å²) in [4.78, 5) is 0.0192. The van der Waals surface area contributed by atoms with Crippen LogP contribution in [-0.2, 0) is 14.0 Å². The lowest BCUT2D eigenvalue weighted by Crippen LogP contribution is -2.41. The van der Waals surface area contributed by atoms with Crippen LogP contribution in [0.1, 0.15) is 27.7 Å². The van der Waals surface area contributed by atoms with Gasteiger partial charge in [0.25, 0.3) is 0 Å². The largest absolute Gasteiger partial charge is 0.496 e. The predicted octanol–water partition coefficient (Wildman–Crippen LogP) is 3.58. The maximum Gasteiger partial charge on any atom is 0.496 e. The highest BCUT2D eigenvalue weighted by atomic mass is 32.2. The minimum atomic E-state index is -4.41. The lowest BCUT2D eigenvalue weighted by molar-refractivity contribution is -0.0327. The Bertz CT molecular complexity index is 577. The number of ether oxygens (including phenoxy) is 2. The van der Waals surface area contributed by atoms with E-state index in [0.29, 0.717) is 5.75 Å². The molecule has 0 unspecified atom stereocenters. The molecule has 1 aliphatic rings. The zero-order chi connectivity index (χ0) is 18.2. The van der Waals surface area contributed by atoms with E-state index in [1.54, 1.807) is 0 Å². The van der Waals surface area contributed by atoms with E-state index in [0.717, 1.165) is 0 Å². The van der Waals surface area contributed by atoms with Crippen molar-refractivity contribution in [2.24, 2.45) is 0 Å². The van der Waals surface area contributed by atoms with Gasteiger partial charge in [0.2, 0.25) is 0 Å². The second-order valence-corrected chi connectivity index (χ2v) is 7.49. The molecule has 24 heavy (non-hydrogen) atoms. The van der Waals surface area contributed by atoms with Gasteiger partial charge in [-0.2, -0.15) is 13.2 Å². The van der Waals surface area contributed by atoms with Crippen molar-refractivity contribution < 1.29 is 32.0 Å². The summed E-state index contributed by atoms with van der Waals surface area (Å²) < 4.78 is 60.4. The maximum atomic E-state index is 12.8. The number of hydrogen-bond acceptors (Lipinski definition) is 5. The van der Waals surface area contributed by atoms with Gasteiger partial charge in [0.05, 0.1) is 11.2 Å². The zero-order valence-corrected chi connectivity index (χ0v) is 15.0. The maximum absolute atomic E-state index is 12.8. The van der Waals surface area contributed by atoms with Crippen LogP contribution in [0.5, 0.6) is 5.75 Å². The average molecular weight is 364 g/mol. The fraction of sp³-hybridized carbons (Fsp3) is 0.600. The quantitative estimate of drug-likeness (QED) is 0.454. The van der Waals surface area contributed by atoms with Crippen molar-refractivity contribution in [2.45, 2.75) is 49.3 Å². The first-order valence-electron chi connectivity index (χ1n) is 7.32. The lowest BCUT2D eigenvalue weighted by Gasteiger charge is -2.32. The number of hydrogen-bond donors (Lipinski definition) is 0. The minimum absolute atomic E-state index is 0.00539. The molecule has 0 atom stereocenters. The summed E-state index contributed by atoms with van der Waals surface area (Å²) in [7, 11) is 0.550. The van der Waals surface area contributed by atoms with Gasteiger partial charge in [-0.3, -0.25) is 0 Å². The summed E-state index contributed by atoms with van der Waals surface area (Å²) in [6.07, 6.45) is 0. The van der Waals surface area contributed by atoms with Crippen molar-refractivity contribution in [2.75, 3.05) is 13.9 Å². The van der Waals surface area contributed by atoms with Gasteiger partial charge in [-0.25, -0.2) is 0 Å². The van der Waals surface area contributed by atoms with Crippen molar-refractivity contribution in [3.05, 3.63) is 18.2 Å². The first-order chi connectivity index (χ1) is 11.0. The van der Waals surface area contributed by atoms with Gasteiger partial charge in [-0.05, 0) is 63.1 Å². The van der Waals surface area contributed by atoms with Gasteiger partial charge in [0.15, 0.2) is 6.79 Å². The minimum Gasteiger partial charge on any atom is -0.468 e. The molecule has 0 aromatic heterocycles. The molecule has 1 aliphatic heterocycles. The Kier molecular flexibility index (Phi) is 5.49. The van der Waals surface area contributed by atoms with Crippen LogP contribution in [0.15, 0.2) is 23.1 Å². The van der Waals surface area contributed by atoms with E-state index in [9.17, 15) is 13.2 Å². The van der Waals surface area contributed by atoms with E-state index in [1.807, 2.05) is 27.7 Å². The molecule has 1 aromatic carbocycles. The molecule has 0 spiro atoms. The van der Waals surface area contributed by atoms with Crippen molar-refractivity contribution in [1.82, 2.24) is 0 Å². The molecule has 134 valence electrons. The van der Waals surface area contributed by atoms with Crippen LogP contribution < -0.4 is 10.2 Å². The molecule has 0 N–H and O–H groups in total. The van der Waals surface area contributed by atoms with Crippen molar-refractivity contribution in [1.29, 1.82) is 0 Å². The highest BCUT2D eigenvalue weighted by Gasteiger charge is 2.52.